The molecule has 1 saturated carbocycles. The molecule has 16 heavy (non-hydrogen) atoms. The summed E-state index contributed by atoms with van der Waals surface area (Å²) in [5.74, 6) is 0.738. The number of hydrogen-bond acceptors (Lipinski definition) is 1. The van der Waals surface area contributed by atoms with Crippen molar-refractivity contribution in [3.63, 3.8) is 0 Å². The number of nitrogens with one attached hydrogen (secondary N) is 1. The molecule has 1 fully saturated rings. The van der Waals surface area contributed by atoms with Crippen LogP contribution in [0.2, 0.25) is 0 Å². The Kier molecular flexibility index (Phi) is 3.65. The van der Waals surface area contributed by atoms with Crippen LogP contribution in [0.4, 0.5) is 0 Å². The Hall–Kier alpha value is -0.820. The van der Waals surface area contributed by atoms with E-state index in [2.05, 4.69) is 44.3 Å². The molecule has 0 saturated heterocycles. The molecular formula is C15H23N. The van der Waals surface area contributed by atoms with E-state index in [1.807, 2.05) is 0 Å². The summed E-state index contributed by atoms with van der Waals surface area (Å²) in [6.45, 7) is 7.87. The summed E-state index contributed by atoms with van der Waals surface area (Å²) in [6, 6.07) is 7.72. The zero-order chi connectivity index (χ0) is 11.5. The van der Waals surface area contributed by atoms with Gasteiger partial charge < -0.3 is 5.32 Å². The fourth-order valence-electron chi connectivity index (χ4n) is 2.32. The predicted octanol–water partition coefficient (Wildman–Crippen LogP) is 3.23. The molecule has 0 heterocycles. The fraction of sp³-hybridized carbons (Fsp3) is 0.600. The van der Waals surface area contributed by atoms with Gasteiger partial charge in [-0.15, -0.1) is 0 Å². The number of aryl methyl sites for hydroxylation is 2. The lowest BCUT2D eigenvalue weighted by atomic mass is 9.98. The first-order chi connectivity index (χ1) is 7.63. The number of benzene rings is 1. The molecule has 2 rings (SSSR count). The van der Waals surface area contributed by atoms with E-state index >= 15 is 0 Å². The molecule has 1 aliphatic carbocycles. The Morgan fingerprint density at radius 2 is 1.81 bits per heavy atom. The highest BCUT2D eigenvalue weighted by Crippen LogP contribution is 2.19. The van der Waals surface area contributed by atoms with Gasteiger partial charge in [-0.3, -0.25) is 0 Å². The molecule has 1 heteroatoms. The lowest BCUT2D eigenvalue weighted by molar-refractivity contribution is 0.509. The maximum absolute atomic E-state index is 3.61. The molecule has 1 atom stereocenters. The minimum atomic E-state index is 0.738. The first-order valence-corrected chi connectivity index (χ1v) is 6.44. The van der Waals surface area contributed by atoms with Crippen molar-refractivity contribution in [1.29, 1.82) is 0 Å². The van der Waals surface area contributed by atoms with Crippen LogP contribution in [0, 0.1) is 19.8 Å². The van der Waals surface area contributed by atoms with E-state index in [1.54, 1.807) is 0 Å². The second-order valence-electron chi connectivity index (χ2n) is 5.49. The summed E-state index contributed by atoms with van der Waals surface area (Å²) < 4.78 is 0. The molecule has 1 nitrogen and oxygen atoms in total. The molecule has 1 N–H and O–H groups in total. The first kappa shape index (κ1) is 11.7. The van der Waals surface area contributed by atoms with Crippen molar-refractivity contribution in [3.05, 3.63) is 34.9 Å². The molecule has 0 amide bonds. The topological polar surface area (TPSA) is 12.0 Å². The summed E-state index contributed by atoms with van der Waals surface area (Å²) in [6.07, 6.45) is 3.97. The van der Waals surface area contributed by atoms with E-state index < -0.39 is 0 Å². The lowest BCUT2D eigenvalue weighted by Crippen LogP contribution is -2.24. The van der Waals surface area contributed by atoms with E-state index in [4.69, 9.17) is 0 Å². The van der Waals surface area contributed by atoms with Gasteiger partial charge >= 0.3 is 0 Å². The van der Waals surface area contributed by atoms with E-state index in [1.165, 1.54) is 36.0 Å². The van der Waals surface area contributed by atoms with Gasteiger partial charge in [0.05, 0.1) is 0 Å². The van der Waals surface area contributed by atoms with Crippen molar-refractivity contribution in [2.24, 2.45) is 5.92 Å². The van der Waals surface area contributed by atoms with Crippen LogP contribution in [0.25, 0.3) is 0 Å². The van der Waals surface area contributed by atoms with Crippen LogP contribution in [-0.2, 0) is 6.42 Å². The zero-order valence-corrected chi connectivity index (χ0v) is 10.7. The normalized spacial score (nSPS) is 17.4. The average Bonchev–Trinajstić information content (AvgIpc) is 2.96. The summed E-state index contributed by atoms with van der Waals surface area (Å²) in [4.78, 5) is 0. The largest absolute Gasteiger partial charge is 0.314 e. The van der Waals surface area contributed by atoms with E-state index in [9.17, 15) is 0 Å². The summed E-state index contributed by atoms with van der Waals surface area (Å²) in [7, 11) is 0. The third-order valence-corrected chi connectivity index (χ3v) is 3.20. The Morgan fingerprint density at radius 3 is 2.38 bits per heavy atom. The Morgan fingerprint density at radius 1 is 1.19 bits per heavy atom. The Labute approximate surface area is 99.3 Å². The molecule has 0 aliphatic heterocycles. The fourth-order valence-corrected chi connectivity index (χ4v) is 2.32. The standard InChI is InChI=1S/C15H23N/c1-11-6-12(2)8-14(7-11)9-13(3)10-16-15-4-5-15/h6-8,13,15-16H,4-5,9-10H2,1-3H3. The molecule has 0 bridgehead atoms. The van der Waals surface area contributed by atoms with Crippen LogP contribution in [0.5, 0.6) is 0 Å². The van der Waals surface area contributed by atoms with Gasteiger partial charge in [-0.1, -0.05) is 36.2 Å². The number of rotatable bonds is 5. The van der Waals surface area contributed by atoms with Crippen LogP contribution in [0.1, 0.15) is 36.5 Å². The van der Waals surface area contributed by atoms with Gasteiger partial charge in [-0.05, 0) is 51.1 Å². The highest BCUT2D eigenvalue weighted by atomic mass is 14.9. The maximum atomic E-state index is 3.61. The van der Waals surface area contributed by atoms with Crippen LogP contribution >= 0.6 is 0 Å². The quantitative estimate of drug-likeness (QED) is 0.798. The molecule has 1 aromatic carbocycles. The van der Waals surface area contributed by atoms with E-state index in [0.29, 0.717) is 0 Å². The van der Waals surface area contributed by atoms with Gasteiger partial charge in [-0.25, -0.2) is 0 Å². The van der Waals surface area contributed by atoms with Gasteiger partial charge in [0.15, 0.2) is 0 Å². The third kappa shape index (κ3) is 3.64. The van der Waals surface area contributed by atoms with Crippen molar-refractivity contribution >= 4 is 0 Å². The van der Waals surface area contributed by atoms with Crippen molar-refractivity contribution < 1.29 is 0 Å². The minimum Gasteiger partial charge on any atom is -0.314 e. The Bertz CT molecular complexity index is 332. The molecule has 1 unspecified atom stereocenters. The smallest absolute Gasteiger partial charge is 0.00683 e. The van der Waals surface area contributed by atoms with Gasteiger partial charge in [0.1, 0.15) is 0 Å². The van der Waals surface area contributed by atoms with Crippen LogP contribution in [0.15, 0.2) is 18.2 Å². The first-order valence-electron chi connectivity index (χ1n) is 6.44. The molecule has 1 aliphatic rings. The average molecular weight is 217 g/mol. The zero-order valence-electron chi connectivity index (χ0n) is 10.7. The molecule has 1 aromatic rings. The molecule has 0 radical (unpaired) electrons. The van der Waals surface area contributed by atoms with Gasteiger partial charge in [0.25, 0.3) is 0 Å². The monoisotopic (exact) mass is 217 g/mol. The summed E-state index contributed by atoms with van der Waals surface area (Å²) >= 11 is 0. The second-order valence-corrected chi connectivity index (χ2v) is 5.49. The van der Waals surface area contributed by atoms with E-state index in [-0.39, 0.29) is 0 Å². The SMILES string of the molecule is Cc1cc(C)cc(CC(C)CNC2CC2)c1. The van der Waals surface area contributed by atoms with Crippen molar-refractivity contribution in [3.8, 4) is 0 Å². The van der Waals surface area contributed by atoms with Crippen molar-refractivity contribution in [1.82, 2.24) is 5.32 Å². The molecular weight excluding hydrogens is 194 g/mol. The van der Waals surface area contributed by atoms with Crippen molar-refractivity contribution in [2.45, 2.75) is 46.1 Å². The highest BCUT2D eigenvalue weighted by molar-refractivity contribution is 5.28. The predicted molar refractivity (Wildman–Crippen MR) is 69.8 cm³/mol. The summed E-state index contributed by atoms with van der Waals surface area (Å²) in [5, 5.41) is 3.61. The number of hydrogen-bond donors (Lipinski definition) is 1. The van der Waals surface area contributed by atoms with Crippen LogP contribution in [0.3, 0.4) is 0 Å². The van der Waals surface area contributed by atoms with Gasteiger partial charge in [0.2, 0.25) is 0 Å². The minimum absolute atomic E-state index is 0.738. The second kappa shape index (κ2) is 5.01. The van der Waals surface area contributed by atoms with Gasteiger partial charge in [-0.2, -0.15) is 0 Å². The molecule has 88 valence electrons. The van der Waals surface area contributed by atoms with Crippen LogP contribution < -0.4 is 5.32 Å². The summed E-state index contributed by atoms with van der Waals surface area (Å²) in [5.41, 5.74) is 4.26. The van der Waals surface area contributed by atoms with Gasteiger partial charge in [0, 0.05) is 6.04 Å². The molecule has 0 spiro atoms. The highest BCUT2D eigenvalue weighted by Gasteiger charge is 2.20. The third-order valence-electron chi connectivity index (χ3n) is 3.20. The van der Waals surface area contributed by atoms with E-state index in [0.717, 1.165) is 18.5 Å². The molecule has 0 aromatic heterocycles. The Balaban J connectivity index is 1.86. The maximum Gasteiger partial charge on any atom is 0.00683 e. The van der Waals surface area contributed by atoms with Crippen LogP contribution in [-0.4, -0.2) is 12.6 Å². The van der Waals surface area contributed by atoms with Crippen molar-refractivity contribution in [2.75, 3.05) is 6.54 Å². The lowest BCUT2D eigenvalue weighted by Gasteiger charge is -2.13.